The standard InChI is InChI=1S/C12H19ClN2O/c1-9(16)6-7-15(2)12-5-3-4-11(13)10(12)8-14/h3-5,9,16H,6-8,14H2,1-2H3. The van der Waals surface area contributed by atoms with Gasteiger partial charge in [-0.25, -0.2) is 0 Å². The minimum atomic E-state index is -0.289. The second-order valence-corrected chi connectivity index (χ2v) is 4.41. The summed E-state index contributed by atoms with van der Waals surface area (Å²) in [4.78, 5) is 2.07. The highest BCUT2D eigenvalue weighted by Gasteiger charge is 2.09. The molecule has 1 aromatic carbocycles. The average Bonchev–Trinajstić information content (AvgIpc) is 2.25. The van der Waals surface area contributed by atoms with Crippen molar-refractivity contribution in [2.45, 2.75) is 26.0 Å². The van der Waals surface area contributed by atoms with Crippen molar-refractivity contribution in [1.82, 2.24) is 0 Å². The maximum absolute atomic E-state index is 9.25. The van der Waals surface area contributed by atoms with Crippen LogP contribution in [0, 0.1) is 0 Å². The Kier molecular flexibility index (Phi) is 5.06. The first-order valence-electron chi connectivity index (χ1n) is 5.43. The quantitative estimate of drug-likeness (QED) is 0.831. The molecule has 0 bridgehead atoms. The number of anilines is 1. The van der Waals surface area contributed by atoms with Gasteiger partial charge in [-0.2, -0.15) is 0 Å². The van der Waals surface area contributed by atoms with E-state index in [0.29, 0.717) is 11.6 Å². The van der Waals surface area contributed by atoms with Crippen LogP contribution in [0.3, 0.4) is 0 Å². The molecular formula is C12H19ClN2O. The van der Waals surface area contributed by atoms with Gasteiger partial charge in [-0.1, -0.05) is 17.7 Å². The number of halogens is 1. The SMILES string of the molecule is CC(O)CCN(C)c1cccc(Cl)c1CN. The molecule has 1 rings (SSSR count). The van der Waals surface area contributed by atoms with E-state index >= 15 is 0 Å². The van der Waals surface area contributed by atoms with Crippen LogP contribution in [0.4, 0.5) is 5.69 Å². The summed E-state index contributed by atoms with van der Waals surface area (Å²) in [5.41, 5.74) is 7.68. The Morgan fingerprint density at radius 3 is 2.75 bits per heavy atom. The number of aliphatic hydroxyl groups is 1. The van der Waals surface area contributed by atoms with E-state index in [9.17, 15) is 5.11 Å². The Morgan fingerprint density at radius 1 is 1.50 bits per heavy atom. The molecule has 90 valence electrons. The van der Waals surface area contributed by atoms with Gasteiger partial charge in [0.1, 0.15) is 0 Å². The van der Waals surface area contributed by atoms with Gasteiger partial charge in [0.05, 0.1) is 6.10 Å². The molecule has 0 aromatic heterocycles. The number of nitrogens with two attached hydrogens (primary N) is 1. The Balaban J connectivity index is 2.82. The summed E-state index contributed by atoms with van der Waals surface area (Å²) in [7, 11) is 1.98. The molecule has 4 heteroatoms. The molecule has 16 heavy (non-hydrogen) atoms. The summed E-state index contributed by atoms with van der Waals surface area (Å²) in [6, 6.07) is 5.75. The van der Waals surface area contributed by atoms with Crippen molar-refractivity contribution >= 4 is 17.3 Å². The van der Waals surface area contributed by atoms with Gasteiger partial charge in [-0.3, -0.25) is 0 Å². The third-order valence-electron chi connectivity index (χ3n) is 2.59. The lowest BCUT2D eigenvalue weighted by Gasteiger charge is -2.23. The van der Waals surface area contributed by atoms with E-state index in [-0.39, 0.29) is 6.10 Å². The first-order valence-corrected chi connectivity index (χ1v) is 5.80. The summed E-state index contributed by atoms with van der Waals surface area (Å²) in [5.74, 6) is 0. The largest absolute Gasteiger partial charge is 0.393 e. The molecule has 3 nitrogen and oxygen atoms in total. The molecule has 0 spiro atoms. The maximum atomic E-state index is 9.25. The second-order valence-electron chi connectivity index (χ2n) is 4.00. The monoisotopic (exact) mass is 242 g/mol. The van der Waals surface area contributed by atoms with Crippen LogP contribution in [0.15, 0.2) is 18.2 Å². The van der Waals surface area contributed by atoms with Crippen LogP contribution in [0.2, 0.25) is 5.02 Å². The molecule has 0 heterocycles. The van der Waals surface area contributed by atoms with Crippen molar-refractivity contribution in [2.24, 2.45) is 5.73 Å². The highest BCUT2D eigenvalue weighted by Crippen LogP contribution is 2.26. The van der Waals surface area contributed by atoms with E-state index < -0.39 is 0 Å². The summed E-state index contributed by atoms with van der Waals surface area (Å²) in [6.07, 6.45) is 0.440. The van der Waals surface area contributed by atoms with Gasteiger partial charge in [0.2, 0.25) is 0 Å². The lowest BCUT2D eigenvalue weighted by molar-refractivity contribution is 0.187. The lowest BCUT2D eigenvalue weighted by Crippen LogP contribution is -2.23. The number of hydrogen-bond donors (Lipinski definition) is 2. The van der Waals surface area contributed by atoms with Crippen molar-refractivity contribution in [3.63, 3.8) is 0 Å². The highest BCUT2D eigenvalue weighted by molar-refractivity contribution is 6.31. The summed E-state index contributed by atoms with van der Waals surface area (Å²) in [5, 5.41) is 9.95. The molecule has 1 aromatic rings. The van der Waals surface area contributed by atoms with Gasteiger partial charge in [-0.05, 0) is 25.5 Å². The van der Waals surface area contributed by atoms with E-state index in [1.54, 1.807) is 6.92 Å². The van der Waals surface area contributed by atoms with Crippen molar-refractivity contribution in [1.29, 1.82) is 0 Å². The molecule has 3 N–H and O–H groups in total. The maximum Gasteiger partial charge on any atom is 0.0528 e. The zero-order valence-electron chi connectivity index (χ0n) is 9.78. The molecule has 0 aliphatic heterocycles. The molecular weight excluding hydrogens is 224 g/mol. The number of aliphatic hydroxyl groups excluding tert-OH is 1. The molecule has 0 radical (unpaired) electrons. The Hall–Kier alpha value is -0.770. The Bertz CT molecular complexity index is 342. The predicted octanol–water partition coefficient (Wildman–Crippen LogP) is 2.01. The fraction of sp³-hybridized carbons (Fsp3) is 0.500. The third kappa shape index (κ3) is 3.37. The van der Waals surface area contributed by atoms with Gasteiger partial charge in [0.15, 0.2) is 0 Å². The normalized spacial score (nSPS) is 12.6. The van der Waals surface area contributed by atoms with Crippen molar-refractivity contribution in [2.75, 3.05) is 18.5 Å². The first-order chi connectivity index (χ1) is 7.56. The summed E-state index contributed by atoms with van der Waals surface area (Å²) >= 11 is 6.08. The minimum Gasteiger partial charge on any atom is -0.393 e. The fourth-order valence-electron chi connectivity index (χ4n) is 1.61. The number of nitrogens with zero attached hydrogens (tertiary/aromatic N) is 1. The highest BCUT2D eigenvalue weighted by atomic mass is 35.5. The molecule has 0 aliphatic carbocycles. The van der Waals surface area contributed by atoms with Gasteiger partial charge < -0.3 is 15.7 Å². The predicted molar refractivity (Wildman–Crippen MR) is 68.9 cm³/mol. The Labute approximate surface area is 102 Å². The van der Waals surface area contributed by atoms with E-state index in [1.165, 1.54) is 0 Å². The summed E-state index contributed by atoms with van der Waals surface area (Å²) in [6.45, 7) is 2.99. The van der Waals surface area contributed by atoms with Crippen LogP contribution in [0.25, 0.3) is 0 Å². The minimum absolute atomic E-state index is 0.289. The van der Waals surface area contributed by atoms with Crippen LogP contribution in [0.5, 0.6) is 0 Å². The van der Waals surface area contributed by atoms with Crippen LogP contribution in [-0.2, 0) is 6.54 Å². The van der Waals surface area contributed by atoms with E-state index in [2.05, 4.69) is 4.90 Å². The van der Waals surface area contributed by atoms with Gasteiger partial charge >= 0.3 is 0 Å². The number of hydrogen-bond acceptors (Lipinski definition) is 3. The van der Waals surface area contributed by atoms with Crippen LogP contribution in [-0.4, -0.2) is 24.8 Å². The number of rotatable bonds is 5. The first kappa shape index (κ1) is 13.3. The molecule has 1 atom stereocenters. The molecule has 0 amide bonds. The molecule has 0 saturated carbocycles. The van der Waals surface area contributed by atoms with Gasteiger partial charge in [0, 0.05) is 36.4 Å². The van der Waals surface area contributed by atoms with Crippen LogP contribution >= 0.6 is 11.6 Å². The third-order valence-corrected chi connectivity index (χ3v) is 2.95. The molecule has 1 unspecified atom stereocenters. The van der Waals surface area contributed by atoms with Gasteiger partial charge in [0.25, 0.3) is 0 Å². The Morgan fingerprint density at radius 2 is 2.19 bits per heavy atom. The molecule has 0 saturated heterocycles. The van der Waals surface area contributed by atoms with Crippen LogP contribution < -0.4 is 10.6 Å². The summed E-state index contributed by atoms with van der Waals surface area (Å²) < 4.78 is 0. The zero-order valence-corrected chi connectivity index (χ0v) is 10.5. The van der Waals surface area contributed by atoms with E-state index in [4.69, 9.17) is 17.3 Å². The zero-order chi connectivity index (χ0) is 12.1. The van der Waals surface area contributed by atoms with E-state index in [1.807, 2.05) is 25.2 Å². The van der Waals surface area contributed by atoms with Crippen molar-refractivity contribution < 1.29 is 5.11 Å². The van der Waals surface area contributed by atoms with E-state index in [0.717, 1.165) is 24.2 Å². The van der Waals surface area contributed by atoms with Crippen molar-refractivity contribution in [3.05, 3.63) is 28.8 Å². The van der Waals surface area contributed by atoms with Gasteiger partial charge in [-0.15, -0.1) is 0 Å². The smallest absolute Gasteiger partial charge is 0.0528 e. The topological polar surface area (TPSA) is 49.5 Å². The second kappa shape index (κ2) is 6.09. The molecule has 0 fully saturated rings. The average molecular weight is 243 g/mol. The lowest BCUT2D eigenvalue weighted by atomic mass is 10.1. The van der Waals surface area contributed by atoms with Crippen molar-refractivity contribution in [3.8, 4) is 0 Å². The van der Waals surface area contributed by atoms with Crippen LogP contribution in [0.1, 0.15) is 18.9 Å². The fourth-order valence-corrected chi connectivity index (χ4v) is 1.85. The number of benzene rings is 1. The molecule has 0 aliphatic rings.